The van der Waals surface area contributed by atoms with Gasteiger partial charge in [0.1, 0.15) is 5.75 Å². The van der Waals surface area contributed by atoms with Gasteiger partial charge in [-0.15, -0.1) is 0 Å². The molecule has 0 atom stereocenters. The van der Waals surface area contributed by atoms with Gasteiger partial charge in [-0.1, -0.05) is 18.3 Å². The minimum atomic E-state index is 0.155. The summed E-state index contributed by atoms with van der Waals surface area (Å²) in [7, 11) is 1.93. The van der Waals surface area contributed by atoms with Crippen LogP contribution < -0.4 is 14.2 Å². The minimum Gasteiger partial charge on any atom is -0.454 e. The van der Waals surface area contributed by atoms with Gasteiger partial charge in [0.25, 0.3) is 0 Å². The number of ether oxygens (including phenoxy) is 3. The van der Waals surface area contributed by atoms with E-state index in [0.29, 0.717) is 23.7 Å². The van der Waals surface area contributed by atoms with Crippen LogP contribution in [-0.2, 0) is 19.9 Å². The molecule has 1 aliphatic carbocycles. The van der Waals surface area contributed by atoms with Crippen molar-refractivity contribution in [3.8, 4) is 33.6 Å². The Labute approximate surface area is 160 Å². The lowest BCUT2D eigenvalue weighted by Crippen LogP contribution is -2.08. The van der Waals surface area contributed by atoms with Gasteiger partial charge >= 0.3 is 0 Å². The highest BCUT2D eigenvalue weighted by atomic mass is 32.1. The van der Waals surface area contributed by atoms with Gasteiger partial charge in [-0.25, -0.2) is 0 Å². The smallest absolute Gasteiger partial charge is 0.231 e. The van der Waals surface area contributed by atoms with Crippen LogP contribution in [0.2, 0.25) is 0 Å². The van der Waals surface area contributed by atoms with Crippen molar-refractivity contribution < 1.29 is 19.0 Å². The van der Waals surface area contributed by atoms with Crippen LogP contribution in [0.15, 0.2) is 24.4 Å². The number of aryl methyl sites for hydroxylation is 2. The number of ketones is 1. The van der Waals surface area contributed by atoms with Gasteiger partial charge in [0.2, 0.25) is 6.79 Å². The predicted molar refractivity (Wildman–Crippen MR) is 101 cm³/mol. The molecule has 5 rings (SSSR count). The van der Waals surface area contributed by atoms with Gasteiger partial charge in [0.05, 0.1) is 22.3 Å². The Kier molecular flexibility index (Phi) is 3.72. The fraction of sp³-hybridized carbons (Fsp3) is 0.300. The highest BCUT2D eigenvalue weighted by molar-refractivity contribution is 7.16. The van der Waals surface area contributed by atoms with E-state index >= 15 is 0 Å². The van der Waals surface area contributed by atoms with Gasteiger partial charge in [-0.2, -0.15) is 5.10 Å². The number of carbonyl (C=O) groups excluding carboxylic acids is 1. The van der Waals surface area contributed by atoms with Crippen molar-refractivity contribution in [1.82, 2.24) is 9.78 Å². The number of nitrogens with zero attached hydrogens (tertiary/aromatic N) is 2. The number of benzene rings is 1. The Balaban J connectivity index is 1.63. The first-order valence-electron chi connectivity index (χ1n) is 8.93. The van der Waals surface area contributed by atoms with Crippen molar-refractivity contribution in [2.24, 2.45) is 7.05 Å². The van der Waals surface area contributed by atoms with E-state index in [9.17, 15) is 4.79 Å². The first kappa shape index (κ1) is 16.4. The third-order valence-corrected chi connectivity index (χ3v) is 6.15. The molecular formula is C20H18N2O4S. The number of carbonyl (C=O) groups is 1. The van der Waals surface area contributed by atoms with Gasteiger partial charge in [-0.05, 0) is 36.1 Å². The molecule has 0 fully saturated rings. The van der Waals surface area contributed by atoms with Crippen molar-refractivity contribution in [2.45, 2.75) is 26.2 Å². The standard InChI is InChI=1S/C20H18N2O4S/c1-3-14(23)19-13-6-4-11-9-21-22(2)18(11)17(13)20(27-19)26-12-5-7-15-16(8-12)25-10-24-15/h5,7-9H,3-4,6,10H2,1-2H3. The summed E-state index contributed by atoms with van der Waals surface area (Å²) in [4.78, 5) is 13.3. The second kappa shape index (κ2) is 6.13. The molecule has 6 nitrogen and oxygen atoms in total. The van der Waals surface area contributed by atoms with E-state index in [1.54, 1.807) is 0 Å². The normalized spacial score (nSPS) is 14.0. The molecule has 1 aromatic carbocycles. The van der Waals surface area contributed by atoms with Gasteiger partial charge in [0.15, 0.2) is 22.3 Å². The SMILES string of the molecule is CCC(=O)c1sc(Oc2ccc3c(c2)OCO3)c2c1CCc1cnn(C)c1-2. The van der Waals surface area contributed by atoms with Crippen LogP contribution in [0.3, 0.4) is 0 Å². The van der Waals surface area contributed by atoms with Crippen LogP contribution in [0.5, 0.6) is 22.3 Å². The monoisotopic (exact) mass is 382 g/mol. The number of hydrogen-bond donors (Lipinski definition) is 0. The fourth-order valence-corrected chi connectivity index (χ4v) is 4.90. The predicted octanol–water partition coefficient (Wildman–Crippen LogP) is 4.36. The van der Waals surface area contributed by atoms with Crippen LogP contribution in [0.4, 0.5) is 0 Å². The average Bonchev–Trinajstić information content (AvgIpc) is 3.38. The summed E-state index contributed by atoms with van der Waals surface area (Å²) < 4.78 is 18.9. The lowest BCUT2D eigenvalue weighted by molar-refractivity contribution is 0.0991. The highest BCUT2D eigenvalue weighted by Crippen LogP contribution is 2.49. The Hall–Kier alpha value is -2.80. The maximum atomic E-state index is 12.5. The lowest BCUT2D eigenvalue weighted by Gasteiger charge is -2.16. The Morgan fingerprint density at radius 2 is 2.15 bits per heavy atom. The maximum Gasteiger partial charge on any atom is 0.231 e. The number of rotatable bonds is 4. The summed E-state index contributed by atoms with van der Waals surface area (Å²) in [6, 6.07) is 5.52. The van der Waals surface area contributed by atoms with Crippen molar-refractivity contribution in [2.75, 3.05) is 6.79 Å². The van der Waals surface area contributed by atoms with Crippen LogP contribution >= 0.6 is 11.3 Å². The molecule has 27 heavy (non-hydrogen) atoms. The zero-order valence-corrected chi connectivity index (χ0v) is 15.9. The van der Waals surface area contributed by atoms with Gasteiger partial charge < -0.3 is 14.2 Å². The number of fused-ring (bicyclic) bond motifs is 4. The van der Waals surface area contributed by atoms with Gasteiger partial charge in [0, 0.05) is 19.5 Å². The molecular weight excluding hydrogens is 364 g/mol. The Morgan fingerprint density at radius 3 is 3.00 bits per heavy atom. The topological polar surface area (TPSA) is 62.6 Å². The fourth-order valence-electron chi connectivity index (χ4n) is 3.67. The lowest BCUT2D eigenvalue weighted by atomic mass is 9.91. The minimum absolute atomic E-state index is 0.155. The van der Waals surface area contributed by atoms with Crippen molar-refractivity contribution in [3.05, 3.63) is 40.4 Å². The molecule has 0 amide bonds. The highest BCUT2D eigenvalue weighted by Gasteiger charge is 2.31. The molecule has 1 aliphatic heterocycles. The Bertz CT molecular complexity index is 1070. The van der Waals surface area contributed by atoms with E-state index in [-0.39, 0.29) is 12.6 Å². The van der Waals surface area contributed by atoms with Crippen LogP contribution in [0, 0.1) is 0 Å². The van der Waals surface area contributed by atoms with E-state index < -0.39 is 0 Å². The van der Waals surface area contributed by atoms with E-state index in [1.165, 1.54) is 16.9 Å². The second-order valence-electron chi connectivity index (χ2n) is 6.61. The third kappa shape index (κ3) is 2.53. The average molecular weight is 382 g/mol. The molecule has 7 heteroatoms. The van der Waals surface area contributed by atoms with Crippen molar-refractivity contribution in [1.29, 1.82) is 0 Å². The Morgan fingerprint density at radius 1 is 1.30 bits per heavy atom. The summed E-state index contributed by atoms with van der Waals surface area (Å²) in [5.41, 5.74) is 4.31. The quantitative estimate of drug-likeness (QED) is 0.628. The molecule has 0 saturated carbocycles. The third-order valence-electron chi connectivity index (χ3n) is 5.00. The molecule has 0 unspecified atom stereocenters. The molecule has 0 saturated heterocycles. The van der Waals surface area contributed by atoms with Crippen LogP contribution in [-0.4, -0.2) is 22.4 Å². The summed E-state index contributed by atoms with van der Waals surface area (Å²) in [6.45, 7) is 2.12. The molecule has 0 N–H and O–H groups in total. The maximum absolute atomic E-state index is 12.5. The van der Waals surface area contributed by atoms with E-state index in [1.807, 2.05) is 43.0 Å². The number of aromatic nitrogens is 2. The van der Waals surface area contributed by atoms with Gasteiger partial charge in [-0.3, -0.25) is 9.48 Å². The van der Waals surface area contributed by atoms with Crippen molar-refractivity contribution in [3.63, 3.8) is 0 Å². The van der Waals surface area contributed by atoms with E-state index in [0.717, 1.165) is 39.6 Å². The number of thiophene rings is 1. The molecule has 138 valence electrons. The summed E-state index contributed by atoms with van der Waals surface area (Å²) in [5, 5.41) is 5.14. The molecule has 3 aromatic rings. The summed E-state index contributed by atoms with van der Waals surface area (Å²) >= 11 is 1.43. The van der Waals surface area contributed by atoms with Crippen LogP contribution in [0.25, 0.3) is 11.3 Å². The zero-order valence-electron chi connectivity index (χ0n) is 15.1. The molecule has 2 aliphatic rings. The number of Topliss-reactive ketones (excluding diaryl/α,β-unsaturated/α-hetero) is 1. The summed E-state index contributed by atoms with van der Waals surface area (Å²) in [5.74, 6) is 2.20. The molecule has 0 spiro atoms. The summed E-state index contributed by atoms with van der Waals surface area (Å²) in [6.07, 6.45) is 4.10. The first-order chi connectivity index (χ1) is 13.2. The first-order valence-corrected chi connectivity index (χ1v) is 9.75. The molecule has 2 aromatic heterocycles. The largest absolute Gasteiger partial charge is 0.454 e. The van der Waals surface area contributed by atoms with E-state index in [4.69, 9.17) is 14.2 Å². The van der Waals surface area contributed by atoms with E-state index in [2.05, 4.69) is 5.10 Å². The van der Waals surface area contributed by atoms with Crippen molar-refractivity contribution >= 4 is 17.1 Å². The molecule has 3 heterocycles. The molecule has 0 bridgehead atoms. The van der Waals surface area contributed by atoms with Crippen LogP contribution in [0.1, 0.15) is 34.1 Å². The molecule has 0 radical (unpaired) electrons. The number of hydrogen-bond acceptors (Lipinski definition) is 6. The zero-order chi connectivity index (χ0) is 18.5. The second-order valence-corrected chi connectivity index (χ2v) is 7.59.